The van der Waals surface area contributed by atoms with Crippen molar-refractivity contribution in [1.29, 1.82) is 0 Å². The maximum Gasteiger partial charge on any atom is 0.270 e. The second-order valence-corrected chi connectivity index (χ2v) is 5.95. The minimum absolute atomic E-state index is 0.107. The van der Waals surface area contributed by atoms with E-state index in [0.29, 0.717) is 11.6 Å². The van der Waals surface area contributed by atoms with Gasteiger partial charge in [-0.2, -0.15) is 5.10 Å². The van der Waals surface area contributed by atoms with Gasteiger partial charge in [-0.15, -0.1) is 11.3 Å². The molecule has 0 aliphatic carbocycles. The Kier molecular flexibility index (Phi) is 4.54. The fourth-order valence-electron chi connectivity index (χ4n) is 1.82. The molecule has 0 saturated carbocycles. The van der Waals surface area contributed by atoms with E-state index in [1.54, 1.807) is 16.3 Å². The van der Waals surface area contributed by atoms with Crippen molar-refractivity contribution in [2.24, 2.45) is 13.0 Å². The zero-order chi connectivity index (χ0) is 14.7. The standard InChI is InChI=1S/C14H20N4OS/c1-5-9(2)10(3)16-13(19)12-8-20-14(17-12)11-6-15-18(4)7-11/h6-10H,5H2,1-4H3,(H,16,19)/t9-,10+/m1/s1. The van der Waals surface area contributed by atoms with Crippen molar-refractivity contribution in [1.82, 2.24) is 20.1 Å². The van der Waals surface area contributed by atoms with Crippen molar-refractivity contribution < 1.29 is 4.79 Å². The summed E-state index contributed by atoms with van der Waals surface area (Å²) in [5.74, 6) is 0.347. The number of nitrogens with zero attached hydrogens (tertiary/aromatic N) is 3. The highest BCUT2D eigenvalue weighted by Gasteiger charge is 2.17. The van der Waals surface area contributed by atoms with Gasteiger partial charge in [0.1, 0.15) is 10.7 Å². The first-order valence-electron chi connectivity index (χ1n) is 6.76. The first kappa shape index (κ1) is 14.7. The van der Waals surface area contributed by atoms with Gasteiger partial charge in [-0.1, -0.05) is 20.3 Å². The summed E-state index contributed by atoms with van der Waals surface area (Å²) in [6, 6.07) is 0.149. The van der Waals surface area contributed by atoms with Gasteiger partial charge in [0.15, 0.2) is 0 Å². The van der Waals surface area contributed by atoms with Crippen molar-refractivity contribution in [2.75, 3.05) is 0 Å². The Hall–Kier alpha value is -1.69. The highest BCUT2D eigenvalue weighted by atomic mass is 32.1. The fourth-order valence-corrected chi connectivity index (χ4v) is 2.59. The number of amides is 1. The average Bonchev–Trinajstić information content (AvgIpc) is 3.05. The second kappa shape index (κ2) is 6.17. The lowest BCUT2D eigenvalue weighted by Gasteiger charge is -2.19. The Bertz CT molecular complexity index is 590. The third-order valence-corrected chi connectivity index (χ3v) is 4.44. The van der Waals surface area contributed by atoms with Crippen LogP contribution in [0.25, 0.3) is 10.6 Å². The molecule has 1 N–H and O–H groups in total. The lowest BCUT2D eigenvalue weighted by atomic mass is 10.0. The molecule has 2 aromatic heterocycles. The normalized spacial score (nSPS) is 14.0. The molecule has 0 aliphatic heterocycles. The lowest BCUT2D eigenvalue weighted by molar-refractivity contribution is 0.0924. The van der Waals surface area contributed by atoms with E-state index < -0.39 is 0 Å². The van der Waals surface area contributed by atoms with E-state index >= 15 is 0 Å². The number of nitrogens with one attached hydrogen (secondary N) is 1. The molecule has 2 aromatic rings. The molecule has 108 valence electrons. The molecule has 0 spiro atoms. The highest BCUT2D eigenvalue weighted by molar-refractivity contribution is 7.13. The highest BCUT2D eigenvalue weighted by Crippen LogP contribution is 2.23. The molecule has 6 heteroatoms. The molecule has 20 heavy (non-hydrogen) atoms. The van der Waals surface area contributed by atoms with Crippen LogP contribution in [0.5, 0.6) is 0 Å². The molecular formula is C14H20N4OS. The number of aryl methyl sites for hydroxylation is 1. The van der Waals surface area contributed by atoms with Crippen molar-refractivity contribution in [3.05, 3.63) is 23.5 Å². The summed E-state index contributed by atoms with van der Waals surface area (Å²) < 4.78 is 1.72. The van der Waals surface area contributed by atoms with Crippen LogP contribution in [0, 0.1) is 5.92 Å². The van der Waals surface area contributed by atoms with E-state index in [1.165, 1.54) is 11.3 Å². The van der Waals surface area contributed by atoms with E-state index in [2.05, 4.69) is 29.2 Å². The van der Waals surface area contributed by atoms with Crippen molar-refractivity contribution in [3.63, 3.8) is 0 Å². The number of hydrogen-bond acceptors (Lipinski definition) is 4. The Morgan fingerprint density at radius 3 is 2.85 bits per heavy atom. The molecule has 0 saturated heterocycles. The topological polar surface area (TPSA) is 59.8 Å². The first-order valence-corrected chi connectivity index (χ1v) is 7.64. The van der Waals surface area contributed by atoms with Gasteiger partial charge in [-0.3, -0.25) is 9.48 Å². The average molecular weight is 292 g/mol. The van der Waals surface area contributed by atoms with Crippen LogP contribution in [-0.4, -0.2) is 26.7 Å². The summed E-state index contributed by atoms with van der Waals surface area (Å²) in [6.45, 7) is 6.28. The molecule has 1 amide bonds. The van der Waals surface area contributed by atoms with Crippen LogP contribution in [0.4, 0.5) is 0 Å². The fraction of sp³-hybridized carbons (Fsp3) is 0.500. The van der Waals surface area contributed by atoms with E-state index in [4.69, 9.17) is 0 Å². The monoisotopic (exact) mass is 292 g/mol. The number of carbonyl (C=O) groups is 1. The van der Waals surface area contributed by atoms with Crippen LogP contribution < -0.4 is 5.32 Å². The second-order valence-electron chi connectivity index (χ2n) is 5.09. The Morgan fingerprint density at radius 2 is 2.25 bits per heavy atom. The molecule has 0 aliphatic rings. The third-order valence-electron chi connectivity index (χ3n) is 3.54. The molecule has 0 fully saturated rings. The number of aromatic nitrogens is 3. The van der Waals surface area contributed by atoms with E-state index in [1.807, 2.05) is 20.2 Å². The smallest absolute Gasteiger partial charge is 0.270 e. The summed E-state index contributed by atoms with van der Waals surface area (Å²) >= 11 is 1.46. The van der Waals surface area contributed by atoms with Crippen LogP contribution in [0.3, 0.4) is 0 Å². The molecule has 0 radical (unpaired) electrons. The minimum Gasteiger partial charge on any atom is -0.348 e. The van der Waals surface area contributed by atoms with Crippen LogP contribution in [0.1, 0.15) is 37.7 Å². The van der Waals surface area contributed by atoms with E-state index in [9.17, 15) is 4.79 Å². The van der Waals surface area contributed by atoms with Crippen LogP contribution in [-0.2, 0) is 7.05 Å². The zero-order valence-electron chi connectivity index (χ0n) is 12.3. The quantitative estimate of drug-likeness (QED) is 0.921. The van der Waals surface area contributed by atoms with Crippen molar-refractivity contribution in [3.8, 4) is 10.6 Å². The number of carbonyl (C=O) groups excluding carboxylic acids is 1. The predicted molar refractivity (Wildman–Crippen MR) is 80.7 cm³/mol. The van der Waals surface area contributed by atoms with Gasteiger partial charge in [-0.25, -0.2) is 4.98 Å². The summed E-state index contributed by atoms with van der Waals surface area (Å²) in [6.07, 6.45) is 4.68. The Morgan fingerprint density at radius 1 is 1.50 bits per heavy atom. The zero-order valence-corrected chi connectivity index (χ0v) is 13.1. The molecule has 2 atom stereocenters. The minimum atomic E-state index is -0.107. The van der Waals surface area contributed by atoms with Crippen LogP contribution >= 0.6 is 11.3 Å². The maximum atomic E-state index is 12.1. The predicted octanol–water partition coefficient (Wildman–Crippen LogP) is 2.71. The molecule has 0 aromatic carbocycles. The number of hydrogen-bond donors (Lipinski definition) is 1. The molecular weight excluding hydrogens is 272 g/mol. The first-order chi connectivity index (χ1) is 9.51. The van der Waals surface area contributed by atoms with Gasteiger partial charge in [0.2, 0.25) is 0 Å². The van der Waals surface area contributed by atoms with E-state index in [-0.39, 0.29) is 11.9 Å². The summed E-state index contributed by atoms with van der Waals surface area (Å²) in [5, 5.41) is 9.73. The Labute approximate surface area is 123 Å². The molecule has 2 heterocycles. The number of rotatable bonds is 5. The largest absolute Gasteiger partial charge is 0.348 e. The van der Waals surface area contributed by atoms with E-state index in [0.717, 1.165) is 17.0 Å². The number of thiazole rings is 1. The van der Waals surface area contributed by atoms with Crippen molar-refractivity contribution >= 4 is 17.2 Å². The summed E-state index contributed by atoms with van der Waals surface area (Å²) in [4.78, 5) is 16.5. The molecule has 0 unspecified atom stereocenters. The van der Waals surface area contributed by atoms with Gasteiger partial charge in [-0.05, 0) is 12.8 Å². The van der Waals surface area contributed by atoms with Gasteiger partial charge in [0.05, 0.1) is 6.20 Å². The van der Waals surface area contributed by atoms with Crippen LogP contribution in [0.2, 0.25) is 0 Å². The molecule has 0 bridgehead atoms. The lowest BCUT2D eigenvalue weighted by Crippen LogP contribution is -2.37. The van der Waals surface area contributed by atoms with Gasteiger partial charge in [0, 0.05) is 30.2 Å². The van der Waals surface area contributed by atoms with Crippen LogP contribution in [0.15, 0.2) is 17.8 Å². The van der Waals surface area contributed by atoms with Gasteiger partial charge in [0.25, 0.3) is 5.91 Å². The maximum absolute atomic E-state index is 12.1. The van der Waals surface area contributed by atoms with Gasteiger partial charge >= 0.3 is 0 Å². The summed E-state index contributed by atoms with van der Waals surface area (Å²) in [7, 11) is 1.86. The Balaban J connectivity index is 2.07. The summed E-state index contributed by atoms with van der Waals surface area (Å²) in [5.41, 5.74) is 1.41. The molecule has 5 nitrogen and oxygen atoms in total. The SMILES string of the molecule is CC[C@@H](C)[C@H](C)NC(=O)c1csc(-c2cnn(C)c2)n1. The van der Waals surface area contributed by atoms with Crippen molar-refractivity contribution in [2.45, 2.75) is 33.2 Å². The molecule has 2 rings (SSSR count). The van der Waals surface area contributed by atoms with Gasteiger partial charge < -0.3 is 5.32 Å². The third kappa shape index (κ3) is 3.25.